The van der Waals surface area contributed by atoms with E-state index in [-0.39, 0.29) is 16.8 Å². The lowest BCUT2D eigenvalue weighted by atomic mass is 9.95. The summed E-state index contributed by atoms with van der Waals surface area (Å²) in [7, 11) is -0.634. The van der Waals surface area contributed by atoms with E-state index in [0.717, 1.165) is 41.2 Å². The number of nitriles is 1. The molecule has 1 aliphatic carbocycles. The maximum Gasteiger partial charge on any atom is 0.256 e. The summed E-state index contributed by atoms with van der Waals surface area (Å²) in [6.07, 6.45) is 5.54. The summed E-state index contributed by atoms with van der Waals surface area (Å²) in [5.41, 5.74) is 2.70. The van der Waals surface area contributed by atoms with E-state index in [1.807, 2.05) is 13.8 Å². The molecule has 2 aromatic rings. The lowest BCUT2D eigenvalue weighted by Gasteiger charge is -2.27. The molecular weight excluding hydrogens is 400 g/mol. The van der Waals surface area contributed by atoms with Gasteiger partial charge in [0.05, 0.1) is 10.5 Å². The fraction of sp³-hybridized carbons (Fsp3) is 0.455. The normalized spacial score (nSPS) is 15.2. The molecule has 0 aliphatic heterocycles. The Hall–Kier alpha value is -2.63. The van der Waals surface area contributed by atoms with Crippen LogP contribution in [0.4, 0.5) is 5.82 Å². The van der Waals surface area contributed by atoms with Gasteiger partial charge in [0.1, 0.15) is 11.9 Å². The van der Waals surface area contributed by atoms with Crippen molar-refractivity contribution in [1.82, 2.24) is 8.87 Å². The van der Waals surface area contributed by atoms with Gasteiger partial charge >= 0.3 is 0 Å². The van der Waals surface area contributed by atoms with Crippen LogP contribution in [-0.4, -0.2) is 37.3 Å². The highest BCUT2D eigenvalue weighted by molar-refractivity contribution is 7.89. The predicted octanol–water partition coefficient (Wildman–Crippen LogP) is 3.98. The van der Waals surface area contributed by atoms with Gasteiger partial charge in [0.25, 0.3) is 5.91 Å². The van der Waals surface area contributed by atoms with Crippen LogP contribution in [0.5, 0.6) is 0 Å². The van der Waals surface area contributed by atoms with E-state index >= 15 is 0 Å². The smallest absolute Gasteiger partial charge is 0.256 e. The van der Waals surface area contributed by atoms with Gasteiger partial charge in [-0.05, 0) is 56.5 Å². The van der Waals surface area contributed by atoms with Gasteiger partial charge in [-0.15, -0.1) is 0 Å². The lowest BCUT2D eigenvalue weighted by molar-refractivity contribution is 0.102. The van der Waals surface area contributed by atoms with Crippen molar-refractivity contribution in [3.8, 4) is 6.07 Å². The van der Waals surface area contributed by atoms with Crippen molar-refractivity contribution in [3.05, 3.63) is 46.6 Å². The van der Waals surface area contributed by atoms with E-state index in [4.69, 9.17) is 0 Å². The van der Waals surface area contributed by atoms with Crippen molar-refractivity contribution in [1.29, 1.82) is 5.26 Å². The predicted molar refractivity (Wildman–Crippen MR) is 116 cm³/mol. The minimum absolute atomic E-state index is 0.124. The standard InChI is InChI=1S/C22H28N4O3S/c1-15-16(2)26(18-8-6-5-7-9-18)21(20(15)14-23)24-22(27)17-10-12-19(13-11-17)30(28,29)25(3)4/h10-13,18H,5-9H2,1-4H3,(H,24,27). The molecule has 1 aromatic carbocycles. The topological polar surface area (TPSA) is 95.2 Å². The molecule has 0 spiro atoms. The second-order valence-corrected chi connectivity index (χ2v) is 10.1. The largest absolute Gasteiger partial charge is 0.327 e. The van der Waals surface area contributed by atoms with Crippen molar-refractivity contribution in [3.63, 3.8) is 0 Å². The van der Waals surface area contributed by atoms with Gasteiger partial charge in [-0.25, -0.2) is 12.7 Å². The Morgan fingerprint density at radius 1 is 1.13 bits per heavy atom. The number of anilines is 1. The molecule has 0 bridgehead atoms. The Balaban J connectivity index is 1.93. The van der Waals surface area contributed by atoms with Crippen LogP contribution in [0.2, 0.25) is 0 Å². The molecule has 1 saturated carbocycles. The summed E-state index contributed by atoms with van der Waals surface area (Å²) in [6, 6.07) is 8.34. The Labute approximate surface area is 178 Å². The molecule has 1 heterocycles. The Bertz CT molecular complexity index is 1090. The average molecular weight is 429 g/mol. The van der Waals surface area contributed by atoms with E-state index < -0.39 is 10.0 Å². The van der Waals surface area contributed by atoms with Gasteiger partial charge in [-0.2, -0.15) is 5.26 Å². The average Bonchev–Trinajstić information content (AvgIpc) is 2.97. The van der Waals surface area contributed by atoms with Crippen LogP contribution in [0.3, 0.4) is 0 Å². The number of carbonyl (C=O) groups is 1. The third-order valence-electron chi connectivity index (χ3n) is 5.94. The Morgan fingerprint density at radius 2 is 1.73 bits per heavy atom. The number of hydrogen-bond acceptors (Lipinski definition) is 4. The zero-order chi connectivity index (χ0) is 22.1. The van der Waals surface area contributed by atoms with E-state index in [9.17, 15) is 18.5 Å². The van der Waals surface area contributed by atoms with Gasteiger partial charge in [-0.3, -0.25) is 4.79 Å². The van der Waals surface area contributed by atoms with Gasteiger partial charge < -0.3 is 9.88 Å². The van der Waals surface area contributed by atoms with Gasteiger partial charge in [0, 0.05) is 31.4 Å². The highest BCUT2D eigenvalue weighted by Gasteiger charge is 2.26. The van der Waals surface area contributed by atoms with E-state index in [2.05, 4.69) is 16.0 Å². The first-order valence-corrected chi connectivity index (χ1v) is 11.6. The van der Waals surface area contributed by atoms with Gasteiger partial charge in [0.15, 0.2) is 0 Å². The molecule has 1 amide bonds. The maximum atomic E-state index is 12.9. The molecule has 0 unspecified atom stereocenters. The minimum atomic E-state index is -3.56. The van der Waals surface area contributed by atoms with E-state index in [0.29, 0.717) is 16.9 Å². The minimum Gasteiger partial charge on any atom is -0.327 e. The first kappa shape index (κ1) is 22.1. The monoisotopic (exact) mass is 428 g/mol. The van der Waals surface area contributed by atoms with Crippen LogP contribution in [0, 0.1) is 25.2 Å². The molecule has 1 aliphatic rings. The second kappa shape index (κ2) is 8.62. The summed E-state index contributed by atoms with van der Waals surface area (Å²) in [5, 5.41) is 12.6. The molecule has 3 rings (SSSR count). The van der Waals surface area contributed by atoms with Crippen molar-refractivity contribution < 1.29 is 13.2 Å². The summed E-state index contributed by atoms with van der Waals surface area (Å²) >= 11 is 0. The van der Waals surface area contributed by atoms with Crippen LogP contribution >= 0.6 is 0 Å². The number of benzene rings is 1. The quantitative estimate of drug-likeness (QED) is 0.779. The fourth-order valence-electron chi connectivity index (χ4n) is 4.05. The van der Waals surface area contributed by atoms with E-state index in [1.54, 1.807) is 0 Å². The number of carbonyl (C=O) groups excluding carboxylic acids is 1. The molecule has 0 atom stereocenters. The highest BCUT2D eigenvalue weighted by Crippen LogP contribution is 2.37. The number of nitrogens with one attached hydrogen (secondary N) is 1. The molecule has 30 heavy (non-hydrogen) atoms. The Kier molecular flexibility index (Phi) is 6.34. The zero-order valence-corrected chi connectivity index (χ0v) is 18.7. The van der Waals surface area contributed by atoms with Crippen LogP contribution in [0.1, 0.15) is 65.3 Å². The summed E-state index contributed by atoms with van der Waals surface area (Å²) in [4.78, 5) is 13.1. The number of amides is 1. The molecule has 8 heteroatoms. The molecule has 1 aromatic heterocycles. The maximum absolute atomic E-state index is 12.9. The summed E-state index contributed by atoms with van der Waals surface area (Å²) in [5.74, 6) is 0.171. The van der Waals surface area contributed by atoms with Crippen LogP contribution in [0.15, 0.2) is 29.2 Å². The molecule has 1 fully saturated rings. The zero-order valence-electron chi connectivity index (χ0n) is 17.9. The molecule has 160 valence electrons. The molecule has 1 N–H and O–H groups in total. The van der Waals surface area contributed by atoms with Crippen LogP contribution in [-0.2, 0) is 10.0 Å². The first-order valence-electron chi connectivity index (χ1n) is 10.1. The molecule has 0 saturated heterocycles. The Morgan fingerprint density at radius 3 is 2.27 bits per heavy atom. The third-order valence-corrected chi connectivity index (χ3v) is 7.76. The second-order valence-electron chi connectivity index (χ2n) is 7.97. The molecule has 0 radical (unpaired) electrons. The number of aromatic nitrogens is 1. The van der Waals surface area contributed by atoms with Crippen molar-refractivity contribution in [2.75, 3.05) is 19.4 Å². The highest BCUT2D eigenvalue weighted by atomic mass is 32.2. The SMILES string of the molecule is Cc1c(C#N)c(NC(=O)c2ccc(S(=O)(=O)N(C)C)cc2)n(C2CCCCC2)c1C. The number of nitrogens with zero attached hydrogens (tertiary/aromatic N) is 3. The van der Waals surface area contributed by atoms with Crippen molar-refractivity contribution in [2.45, 2.75) is 56.9 Å². The number of rotatable bonds is 5. The fourth-order valence-corrected chi connectivity index (χ4v) is 4.95. The van der Waals surface area contributed by atoms with Crippen molar-refractivity contribution >= 4 is 21.7 Å². The van der Waals surface area contributed by atoms with Crippen LogP contribution in [0.25, 0.3) is 0 Å². The summed E-state index contributed by atoms with van der Waals surface area (Å²) in [6.45, 7) is 3.89. The van der Waals surface area contributed by atoms with Crippen molar-refractivity contribution in [2.24, 2.45) is 0 Å². The van der Waals surface area contributed by atoms with E-state index in [1.165, 1.54) is 44.8 Å². The third kappa shape index (κ3) is 4.00. The number of hydrogen-bond donors (Lipinski definition) is 1. The van der Waals surface area contributed by atoms with Gasteiger partial charge in [-0.1, -0.05) is 19.3 Å². The summed E-state index contributed by atoms with van der Waals surface area (Å²) < 4.78 is 27.7. The van der Waals surface area contributed by atoms with Crippen LogP contribution < -0.4 is 5.32 Å². The molecular formula is C22H28N4O3S. The lowest BCUT2D eigenvalue weighted by Crippen LogP contribution is -2.23. The first-order chi connectivity index (χ1) is 14.2. The van der Waals surface area contributed by atoms with Gasteiger partial charge in [0.2, 0.25) is 10.0 Å². The molecule has 7 nitrogen and oxygen atoms in total. The number of sulfonamides is 1.